The first-order chi connectivity index (χ1) is 18.9. The molecule has 0 aromatic heterocycles. The van der Waals surface area contributed by atoms with Gasteiger partial charge < -0.3 is 21.1 Å². The molecule has 3 rings (SSSR count). The number of primary amides is 1. The molecule has 0 bridgehead atoms. The molecule has 4 amide bonds. The molecule has 0 saturated heterocycles. The molecular formula is C31H30N4O5. The monoisotopic (exact) mass is 538 g/mol. The number of nitrogens with two attached hydrogens (primary N) is 1. The van der Waals surface area contributed by atoms with Crippen molar-refractivity contribution in [1.82, 2.24) is 10.2 Å². The van der Waals surface area contributed by atoms with Gasteiger partial charge in [0.05, 0.1) is 6.42 Å². The Bertz CT molecular complexity index is 1510. The van der Waals surface area contributed by atoms with Gasteiger partial charge in [-0.2, -0.15) is 0 Å². The van der Waals surface area contributed by atoms with E-state index in [2.05, 4.69) is 22.6 Å². The summed E-state index contributed by atoms with van der Waals surface area (Å²) in [6.45, 7) is 4.91. The summed E-state index contributed by atoms with van der Waals surface area (Å²) in [5, 5.41) is 7.02. The second kappa shape index (κ2) is 12.5. The number of hydrogen-bond donors (Lipinski definition) is 3. The van der Waals surface area contributed by atoms with E-state index in [0.717, 1.165) is 15.7 Å². The molecule has 9 nitrogen and oxygen atoms in total. The molecule has 0 radical (unpaired) electrons. The van der Waals surface area contributed by atoms with E-state index in [-0.39, 0.29) is 0 Å². The molecular weight excluding hydrogens is 508 g/mol. The number of nitrogens with zero attached hydrogens (tertiary/aromatic N) is 1. The van der Waals surface area contributed by atoms with E-state index in [4.69, 9.17) is 23.3 Å². The molecule has 0 fully saturated rings. The largest absolute Gasteiger partial charge is 0.444 e. The summed E-state index contributed by atoms with van der Waals surface area (Å²) in [4.78, 5) is 52.5. The van der Waals surface area contributed by atoms with Gasteiger partial charge in [0.2, 0.25) is 5.91 Å². The van der Waals surface area contributed by atoms with E-state index in [1.165, 1.54) is 0 Å². The Labute approximate surface area is 233 Å². The van der Waals surface area contributed by atoms with Crippen LogP contribution in [0, 0.1) is 24.8 Å². The van der Waals surface area contributed by atoms with E-state index in [0.29, 0.717) is 16.8 Å². The molecule has 0 spiro atoms. The van der Waals surface area contributed by atoms with Crippen LogP contribution in [0.2, 0.25) is 0 Å². The highest BCUT2D eigenvalue weighted by molar-refractivity contribution is 6.01. The number of rotatable bonds is 8. The zero-order valence-electron chi connectivity index (χ0n) is 22.4. The Morgan fingerprint density at radius 1 is 0.975 bits per heavy atom. The summed E-state index contributed by atoms with van der Waals surface area (Å²) < 4.78 is 5.22. The number of terminal acetylenes is 2. The second-order valence-electron chi connectivity index (χ2n) is 9.93. The molecule has 40 heavy (non-hydrogen) atoms. The molecule has 3 aromatic carbocycles. The number of anilines is 1. The smallest absolute Gasteiger partial charge is 0.408 e. The van der Waals surface area contributed by atoms with Gasteiger partial charge >= 0.3 is 6.09 Å². The van der Waals surface area contributed by atoms with Crippen LogP contribution in [0.4, 0.5) is 10.5 Å². The minimum atomic E-state index is -1.50. The lowest BCUT2D eigenvalue weighted by molar-refractivity contribution is -0.138. The molecule has 0 aliphatic rings. The lowest BCUT2D eigenvalue weighted by Crippen LogP contribution is -2.52. The standard InChI is InChI=1S/C31H30N4O5/c1-6-20-12-14-22(15-13-20)27(28(37)33-24-17-16-21-10-8-9-11-23(21)18-24)35(7-2)29(38)25(19-26(32)36)34-30(39)40-31(3,4)5/h1-2,8-18,25,27H,19H2,3-5H3,(H2,32,36)(H,33,37)(H,34,39). The van der Waals surface area contributed by atoms with Crippen molar-refractivity contribution in [2.24, 2.45) is 5.73 Å². The first-order valence-corrected chi connectivity index (χ1v) is 12.3. The zero-order chi connectivity index (χ0) is 29.4. The Kier molecular flexibility index (Phi) is 9.16. The van der Waals surface area contributed by atoms with Crippen LogP contribution in [0.3, 0.4) is 0 Å². The predicted molar refractivity (Wildman–Crippen MR) is 152 cm³/mol. The first kappa shape index (κ1) is 29.3. The predicted octanol–water partition coefficient (Wildman–Crippen LogP) is 3.69. The normalized spacial score (nSPS) is 12.2. The third-order valence-corrected chi connectivity index (χ3v) is 5.69. The van der Waals surface area contributed by atoms with Crippen LogP contribution in [0.5, 0.6) is 0 Å². The fraction of sp³-hybridized carbons (Fsp3) is 0.226. The van der Waals surface area contributed by atoms with Gasteiger partial charge in [-0.05, 0) is 61.4 Å². The van der Waals surface area contributed by atoms with Gasteiger partial charge in [-0.15, -0.1) is 6.42 Å². The average Bonchev–Trinajstić information content (AvgIpc) is 2.89. The van der Waals surface area contributed by atoms with Crippen molar-refractivity contribution in [2.75, 3.05) is 5.32 Å². The number of hydrogen-bond acceptors (Lipinski definition) is 5. The van der Waals surface area contributed by atoms with Crippen LogP contribution in [-0.4, -0.2) is 40.4 Å². The lowest BCUT2D eigenvalue weighted by Gasteiger charge is -2.30. The fourth-order valence-corrected chi connectivity index (χ4v) is 3.94. The highest BCUT2D eigenvalue weighted by Gasteiger charge is 2.36. The van der Waals surface area contributed by atoms with E-state index in [1.54, 1.807) is 57.2 Å². The number of alkyl carbamates (subject to hydrolysis) is 1. The van der Waals surface area contributed by atoms with Crippen molar-refractivity contribution in [3.63, 3.8) is 0 Å². The summed E-state index contributed by atoms with van der Waals surface area (Å²) in [5.74, 6) is 0.0732. The molecule has 0 aliphatic heterocycles. The molecule has 9 heteroatoms. The van der Waals surface area contributed by atoms with Gasteiger partial charge in [0.25, 0.3) is 11.8 Å². The lowest BCUT2D eigenvalue weighted by atomic mass is 10.0. The number of amides is 4. The SMILES string of the molecule is C#Cc1ccc(C(C(=O)Nc2ccc3ccccc3c2)N(C#C)C(=O)C(CC(N)=O)NC(=O)OC(C)(C)C)cc1. The summed E-state index contributed by atoms with van der Waals surface area (Å²) >= 11 is 0. The fourth-order valence-electron chi connectivity index (χ4n) is 3.94. The Morgan fingerprint density at radius 2 is 1.62 bits per heavy atom. The van der Waals surface area contributed by atoms with Gasteiger partial charge in [-0.25, -0.2) is 4.79 Å². The number of carbonyl (C=O) groups excluding carboxylic acids is 4. The van der Waals surface area contributed by atoms with Crippen molar-refractivity contribution >= 4 is 40.3 Å². The maximum Gasteiger partial charge on any atom is 0.408 e. The Hall–Kier alpha value is -5.28. The molecule has 204 valence electrons. The highest BCUT2D eigenvalue weighted by atomic mass is 16.6. The van der Waals surface area contributed by atoms with E-state index in [1.807, 2.05) is 30.3 Å². The highest BCUT2D eigenvalue weighted by Crippen LogP contribution is 2.26. The molecule has 0 heterocycles. The summed E-state index contributed by atoms with van der Waals surface area (Å²) in [7, 11) is 0. The summed E-state index contributed by atoms with van der Waals surface area (Å²) in [6, 6.07) is 18.7. The number of fused-ring (bicyclic) bond motifs is 1. The van der Waals surface area contributed by atoms with Gasteiger partial charge in [-0.3, -0.25) is 19.3 Å². The maximum atomic E-state index is 13.7. The summed E-state index contributed by atoms with van der Waals surface area (Å²) in [6.07, 6.45) is 9.69. The molecule has 0 aliphatic carbocycles. The van der Waals surface area contributed by atoms with Crippen LogP contribution in [0.15, 0.2) is 66.7 Å². The van der Waals surface area contributed by atoms with Crippen molar-refractivity contribution in [3.05, 3.63) is 77.9 Å². The van der Waals surface area contributed by atoms with Gasteiger partial charge in [0, 0.05) is 17.3 Å². The van der Waals surface area contributed by atoms with Crippen LogP contribution in [0.25, 0.3) is 10.8 Å². The van der Waals surface area contributed by atoms with E-state index in [9.17, 15) is 19.2 Å². The molecule has 2 unspecified atom stereocenters. The van der Waals surface area contributed by atoms with Crippen LogP contribution < -0.4 is 16.4 Å². The number of benzene rings is 3. The molecule has 3 aromatic rings. The molecule has 2 atom stereocenters. The van der Waals surface area contributed by atoms with Crippen molar-refractivity contribution in [2.45, 2.75) is 44.9 Å². The van der Waals surface area contributed by atoms with E-state index >= 15 is 0 Å². The maximum absolute atomic E-state index is 13.7. The zero-order valence-corrected chi connectivity index (χ0v) is 22.4. The third-order valence-electron chi connectivity index (χ3n) is 5.69. The van der Waals surface area contributed by atoms with E-state index < -0.39 is 47.9 Å². The number of nitrogens with one attached hydrogen (secondary N) is 2. The Morgan fingerprint density at radius 3 is 2.20 bits per heavy atom. The average molecular weight is 539 g/mol. The van der Waals surface area contributed by atoms with Crippen LogP contribution in [-0.2, 0) is 19.1 Å². The molecule has 4 N–H and O–H groups in total. The van der Waals surface area contributed by atoms with Gasteiger partial charge in [-0.1, -0.05) is 54.8 Å². The quantitative estimate of drug-likeness (QED) is 0.297. The minimum absolute atomic E-state index is 0.346. The number of carbonyl (C=O) groups is 4. The first-order valence-electron chi connectivity index (χ1n) is 12.3. The topological polar surface area (TPSA) is 131 Å². The number of ether oxygens (including phenoxy) is 1. The second-order valence-corrected chi connectivity index (χ2v) is 9.93. The van der Waals surface area contributed by atoms with Crippen LogP contribution >= 0.6 is 0 Å². The van der Waals surface area contributed by atoms with Crippen molar-refractivity contribution in [3.8, 4) is 24.8 Å². The van der Waals surface area contributed by atoms with Crippen molar-refractivity contribution < 1.29 is 23.9 Å². The van der Waals surface area contributed by atoms with Gasteiger partial charge in [0.15, 0.2) is 0 Å². The van der Waals surface area contributed by atoms with Crippen LogP contribution in [0.1, 0.15) is 44.4 Å². The third kappa shape index (κ3) is 7.62. The van der Waals surface area contributed by atoms with Gasteiger partial charge in [0.1, 0.15) is 17.7 Å². The summed E-state index contributed by atoms with van der Waals surface area (Å²) in [5.41, 5.74) is 5.84. The van der Waals surface area contributed by atoms with Crippen molar-refractivity contribution in [1.29, 1.82) is 0 Å². The Balaban J connectivity index is 1.99. The minimum Gasteiger partial charge on any atom is -0.444 e. The molecule has 0 saturated carbocycles.